The molecule has 1 heterocycles. The molecule has 0 radical (unpaired) electrons. The van der Waals surface area contributed by atoms with Gasteiger partial charge in [0.25, 0.3) is 0 Å². The van der Waals surface area contributed by atoms with Gasteiger partial charge in [-0.3, -0.25) is 4.99 Å². The smallest absolute Gasteiger partial charge is 0.127 e. The van der Waals surface area contributed by atoms with Crippen molar-refractivity contribution < 1.29 is 0 Å². The van der Waals surface area contributed by atoms with Crippen molar-refractivity contribution in [3.05, 3.63) is 42.0 Å². The quantitative estimate of drug-likeness (QED) is 0.634. The number of aliphatic imine (C=N–C) groups is 1. The Balaban J connectivity index is 2.21. The molecule has 19 heavy (non-hydrogen) atoms. The largest absolute Gasteiger partial charge is 0.378 e. The molecule has 2 rings (SSSR count). The highest BCUT2D eigenvalue weighted by Gasteiger charge is 2.11. The molecule has 0 saturated heterocycles. The Morgan fingerprint density at radius 3 is 2.89 bits per heavy atom. The second-order valence-electron chi connectivity index (χ2n) is 4.80. The molecular weight excluding hydrogens is 234 g/mol. The maximum Gasteiger partial charge on any atom is 0.127 e. The number of rotatable bonds is 3. The van der Waals surface area contributed by atoms with Crippen LogP contribution in [-0.4, -0.2) is 18.9 Å². The third-order valence-corrected chi connectivity index (χ3v) is 3.23. The first-order valence-electron chi connectivity index (χ1n) is 6.62. The normalized spacial score (nSPS) is 17.6. The molecule has 1 aromatic rings. The van der Waals surface area contributed by atoms with E-state index in [1.54, 1.807) is 7.05 Å². The van der Waals surface area contributed by atoms with Crippen molar-refractivity contribution in [2.24, 2.45) is 4.99 Å². The third kappa shape index (κ3) is 3.05. The summed E-state index contributed by atoms with van der Waals surface area (Å²) >= 11 is 0. The number of amidine groups is 1. The molecule has 2 N–H and O–H groups in total. The lowest BCUT2D eigenvalue weighted by Gasteiger charge is -2.22. The van der Waals surface area contributed by atoms with E-state index < -0.39 is 0 Å². The van der Waals surface area contributed by atoms with Gasteiger partial charge in [-0.1, -0.05) is 25.7 Å². The maximum absolute atomic E-state index is 4.19. The summed E-state index contributed by atoms with van der Waals surface area (Å²) in [5.41, 5.74) is 4.35. The van der Waals surface area contributed by atoms with Crippen LogP contribution in [0, 0.1) is 0 Å². The number of hydrogen-bond acceptors (Lipinski definition) is 2. The standard InChI is InChI=1S/C16H21N3/c1-5-13-7-6-12-10-14(8-9-15(12)18-13)19-16(17-4)11(2)3/h6-10,13,18H,2,5H2,1,3-4H3,(H,17,19). The van der Waals surface area contributed by atoms with Crippen LogP contribution >= 0.6 is 0 Å². The summed E-state index contributed by atoms with van der Waals surface area (Å²) in [6.07, 6.45) is 5.48. The molecule has 0 amide bonds. The van der Waals surface area contributed by atoms with Gasteiger partial charge in [0.15, 0.2) is 0 Å². The van der Waals surface area contributed by atoms with Crippen molar-refractivity contribution in [2.45, 2.75) is 26.3 Å². The van der Waals surface area contributed by atoms with Gasteiger partial charge in [-0.05, 0) is 42.7 Å². The number of fused-ring (bicyclic) bond motifs is 1. The van der Waals surface area contributed by atoms with Gasteiger partial charge >= 0.3 is 0 Å². The minimum absolute atomic E-state index is 0.439. The second-order valence-corrected chi connectivity index (χ2v) is 4.80. The minimum Gasteiger partial charge on any atom is -0.378 e. The molecule has 0 aliphatic carbocycles. The van der Waals surface area contributed by atoms with Crippen LogP contribution in [0.25, 0.3) is 6.08 Å². The molecule has 0 saturated carbocycles. The lowest BCUT2D eigenvalue weighted by molar-refractivity contribution is 0.831. The van der Waals surface area contributed by atoms with Crippen molar-refractivity contribution in [2.75, 3.05) is 17.7 Å². The third-order valence-electron chi connectivity index (χ3n) is 3.23. The predicted octanol–water partition coefficient (Wildman–Crippen LogP) is 3.92. The number of anilines is 2. The maximum atomic E-state index is 4.19. The van der Waals surface area contributed by atoms with Crippen molar-refractivity contribution in [3.63, 3.8) is 0 Å². The average molecular weight is 255 g/mol. The highest BCUT2D eigenvalue weighted by molar-refractivity contribution is 6.07. The number of benzene rings is 1. The topological polar surface area (TPSA) is 36.4 Å². The van der Waals surface area contributed by atoms with Gasteiger partial charge in [0, 0.05) is 24.5 Å². The van der Waals surface area contributed by atoms with E-state index in [0.29, 0.717) is 6.04 Å². The van der Waals surface area contributed by atoms with Gasteiger partial charge in [0.1, 0.15) is 5.84 Å². The fraction of sp³-hybridized carbons (Fsp3) is 0.312. The van der Waals surface area contributed by atoms with E-state index in [1.807, 2.05) is 6.92 Å². The molecule has 0 fully saturated rings. The molecule has 0 spiro atoms. The first kappa shape index (κ1) is 13.4. The Kier molecular flexibility index (Phi) is 4.05. The Labute approximate surface area is 115 Å². The highest BCUT2D eigenvalue weighted by Crippen LogP contribution is 2.27. The molecule has 100 valence electrons. The minimum atomic E-state index is 0.439. The van der Waals surface area contributed by atoms with E-state index in [4.69, 9.17) is 0 Å². The van der Waals surface area contributed by atoms with Gasteiger partial charge in [-0.25, -0.2) is 0 Å². The van der Waals surface area contributed by atoms with E-state index >= 15 is 0 Å². The molecule has 1 atom stereocenters. The molecule has 3 nitrogen and oxygen atoms in total. The number of nitrogens with zero attached hydrogens (tertiary/aromatic N) is 1. The van der Waals surface area contributed by atoms with E-state index in [0.717, 1.165) is 23.5 Å². The SMILES string of the molecule is C=C(C)C(=NC)Nc1ccc2c(c1)C=CC(CC)N2. The molecule has 3 heteroatoms. The summed E-state index contributed by atoms with van der Waals surface area (Å²) in [4.78, 5) is 4.19. The van der Waals surface area contributed by atoms with Crippen LogP contribution in [0.5, 0.6) is 0 Å². The second kappa shape index (κ2) is 5.74. The van der Waals surface area contributed by atoms with Crippen LogP contribution in [0.3, 0.4) is 0 Å². The van der Waals surface area contributed by atoms with Crippen molar-refractivity contribution >= 4 is 23.3 Å². The van der Waals surface area contributed by atoms with Crippen molar-refractivity contribution in [1.29, 1.82) is 0 Å². The Morgan fingerprint density at radius 2 is 2.26 bits per heavy atom. The number of hydrogen-bond donors (Lipinski definition) is 2. The van der Waals surface area contributed by atoms with Crippen LogP contribution in [0.2, 0.25) is 0 Å². The van der Waals surface area contributed by atoms with Gasteiger partial charge in [-0.2, -0.15) is 0 Å². The fourth-order valence-corrected chi connectivity index (χ4v) is 2.11. The van der Waals surface area contributed by atoms with E-state index in [-0.39, 0.29) is 0 Å². The van der Waals surface area contributed by atoms with E-state index in [1.165, 1.54) is 11.3 Å². The lowest BCUT2D eigenvalue weighted by Crippen LogP contribution is -2.19. The lowest BCUT2D eigenvalue weighted by atomic mass is 10.0. The van der Waals surface area contributed by atoms with E-state index in [2.05, 4.69) is 59.5 Å². The van der Waals surface area contributed by atoms with Crippen LogP contribution in [0.15, 0.2) is 41.4 Å². The summed E-state index contributed by atoms with van der Waals surface area (Å²) in [5.74, 6) is 0.819. The molecule has 0 bridgehead atoms. The zero-order chi connectivity index (χ0) is 13.8. The van der Waals surface area contributed by atoms with Crippen molar-refractivity contribution in [1.82, 2.24) is 0 Å². The number of nitrogens with one attached hydrogen (secondary N) is 2. The van der Waals surface area contributed by atoms with E-state index in [9.17, 15) is 0 Å². The molecule has 1 aliphatic rings. The summed E-state index contributed by atoms with van der Waals surface area (Å²) in [5, 5.41) is 6.79. The van der Waals surface area contributed by atoms with Gasteiger partial charge in [0.05, 0.1) is 0 Å². The van der Waals surface area contributed by atoms with Crippen LogP contribution < -0.4 is 10.6 Å². The van der Waals surface area contributed by atoms with Crippen LogP contribution in [-0.2, 0) is 0 Å². The summed E-state index contributed by atoms with van der Waals surface area (Å²) in [6, 6.07) is 6.73. The van der Waals surface area contributed by atoms with Gasteiger partial charge < -0.3 is 10.6 Å². The highest BCUT2D eigenvalue weighted by atomic mass is 15.0. The Hall–Kier alpha value is -2.03. The first-order valence-corrected chi connectivity index (χ1v) is 6.62. The van der Waals surface area contributed by atoms with Crippen molar-refractivity contribution in [3.8, 4) is 0 Å². The summed E-state index contributed by atoms with van der Waals surface area (Å²) < 4.78 is 0. The monoisotopic (exact) mass is 255 g/mol. The molecular formula is C16H21N3. The fourth-order valence-electron chi connectivity index (χ4n) is 2.11. The van der Waals surface area contributed by atoms with Crippen LogP contribution in [0.4, 0.5) is 11.4 Å². The Morgan fingerprint density at radius 1 is 1.47 bits per heavy atom. The average Bonchev–Trinajstić information content (AvgIpc) is 2.43. The molecule has 1 unspecified atom stereocenters. The summed E-state index contributed by atoms with van der Waals surface area (Å²) in [6.45, 7) is 8.04. The molecule has 0 aromatic heterocycles. The van der Waals surface area contributed by atoms with Gasteiger partial charge in [0.2, 0.25) is 0 Å². The Bertz CT molecular complexity index is 541. The van der Waals surface area contributed by atoms with Gasteiger partial charge in [-0.15, -0.1) is 0 Å². The van der Waals surface area contributed by atoms with Crippen LogP contribution in [0.1, 0.15) is 25.8 Å². The first-order chi connectivity index (χ1) is 9.13. The molecule has 1 aromatic carbocycles. The molecule has 1 aliphatic heterocycles. The zero-order valence-corrected chi connectivity index (χ0v) is 11.8. The zero-order valence-electron chi connectivity index (χ0n) is 11.8. The predicted molar refractivity (Wildman–Crippen MR) is 85.0 cm³/mol. The summed E-state index contributed by atoms with van der Waals surface area (Å²) in [7, 11) is 1.77.